The van der Waals surface area contributed by atoms with Gasteiger partial charge in [-0.25, -0.2) is 4.79 Å². The molecule has 4 rings (SSSR count). The van der Waals surface area contributed by atoms with Crippen molar-refractivity contribution in [2.24, 2.45) is 0 Å². The second-order valence-corrected chi connectivity index (χ2v) is 6.50. The molecule has 23 heavy (non-hydrogen) atoms. The third-order valence-electron chi connectivity index (χ3n) is 4.57. The predicted octanol–water partition coefficient (Wildman–Crippen LogP) is 2.58. The molecule has 2 aliphatic rings. The molecule has 2 fully saturated rings. The quantitative estimate of drug-likeness (QED) is 0.850. The number of amides is 2. The number of nitrogens with one attached hydrogen (secondary N) is 2. The minimum Gasteiger partial charge on any atom is -0.378 e. The molecule has 3 heterocycles. The molecule has 6 nitrogen and oxygen atoms in total. The first-order valence-electron chi connectivity index (χ1n) is 8.02. The van der Waals surface area contributed by atoms with Gasteiger partial charge in [0, 0.05) is 37.0 Å². The summed E-state index contributed by atoms with van der Waals surface area (Å²) in [6, 6.07) is 7.79. The van der Waals surface area contributed by atoms with E-state index in [0.717, 1.165) is 23.0 Å². The summed E-state index contributed by atoms with van der Waals surface area (Å²) in [6.45, 7) is 4.44. The first-order valence-corrected chi connectivity index (χ1v) is 8.02. The molecule has 0 saturated carbocycles. The van der Waals surface area contributed by atoms with E-state index in [1.807, 2.05) is 42.3 Å². The number of hydrogen-bond acceptors (Lipinski definition) is 3. The maximum Gasteiger partial charge on any atom is 0.322 e. The standard InChI is InChI=1S/C17H21N3O3/c1-12-9-20(10-17(23-12)5-7-22-11-17)16(21)19-14-3-2-13-4-6-18-15(13)8-14/h2-4,6,8,12,18H,5,7,9-11H2,1H3,(H,19,21)/t12-,17+/m0/s1. The number of aromatic nitrogens is 1. The topological polar surface area (TPSA) is 66.6 Å². The molecule has 0 unspecified atom stereocenters. The van der Waals surface area contributed by atoms with Gasteiger partial charge in [0.2, 0.25) is 0 Å². The number of aromatic amines is 1. The minimum atomic E-state index is -0.335. The van der Waals surface area contributed by atoms with Crippen molar-refractivity contribution in [1.29, 1.82) is 0 Å². The highest BCUT2D eigenvalue weighted by molar-refractivity contribution is 5.92. The van der Waals surface area contributed by atoms with Crippen LogP contribution in [0.4, 0.5) is 10.5 Å². The van der Waals surface area contributed by atoms with E-state index in [4.69, 9.17) is 9.47 Å². The summed E-state index contributed by atoms with van der Waals surface area (Å²) in [5.74, 6) is 0. The monoisotopic (exact) mass is 315 g/mol. The second-order valence-electron chi connectivity index (χ2n) is 6.50. The zero-order chi connectivity index (χ0) is 15.9. The number of carbonyl (C=O) groups is 1. The summed E-state index contributed by atoms with van der Waals surface area (Å²) in [4.78, 5) is 17.6. The molecule has 2 aliphatic heterocycles. The van der Waals surface area contributed by atoms with E-state index in [2.05, 4.69) is 10.3 Å². The highest BCUT2D eigenvalue weighted by atomic mass is 16.6. The molecular weight excluding hydrogens is 294 g/mol. The maximum absolute atomic E-state index is 12.6. The number of anilines is 1. The van der Waals surface area contributed by atoms with Crippen molar-refractivity contribution >= 4 is 22.6 Å². The molecule has 122 valence electrons. The summed E-state index contributed by atoms with van der Waals surface area (Å²) >= 11 is 0. The average molecular weight is 315 g/mol. The van der Waals surface area contributed by atoms with Crippen LogP contribution in [0.2, 0.25) is 0 Å². The largest absolute Gasteiger partial charge is 0.378 e. The molecule has 2 atom stereocenters. The molecule has 0 bridgehead atoms. The predicted molar refractivity (Wildman–Crippen MR) is 87.6 cm³/mol. The van der Waals surface area contributed by atoms with Crippen LogP contribution in [0.5, 0.6) is 0 Å². The van der Waals surface area contributed by atoms with Crippen molar-refractivity contribution in [3.63, 3.8) is 0 Å². The summed E-state index contributed by atoms with van der Waals surface area (Å²) in [5.41, 5.74) is 1.47. The Morgan fingerprint density at radius 2 is 2.35 bits per heavy atom. The van der Waals surface area contributed by atoms with Crippen molar-refractivity contribution in [2.45, 2.75) is 25.0 Å². The van der Waals surface area contributed by atoms with Crippen LogP contribution in [-0.4, -0.2) is 53.9 Å². The number of hydrogen-bond donors (Lipinski definition) is 2. The number of urea groups is 1. The number of fused-ring (bicyclic) bond motifs is 1. The number of nitrogens with zero attached hydrogens (tertiary/aromatic N) is 1. The van der Waals surface area contributed by atoms with Gasteiger partial charge in [-0.15, -0.1) is 0 Å². The number of morpholine rings is 1. The van der Waals surface area contributed by atoms with Gasteiger partial charge in [-0.1, -0.05) is 6.07 Å². The maximum atomic E-state index is 12.6. The Kier molecular flexibility index (Phi) is 3.50. The Labute approximate surface area is 134 Å². The summed E-state index contributed by atoms with van der Waals surface area (Å²) < 4.78 is 11.5. The van der Waals surface area contributed by atoms with Crippen LogP contribution in [0.3, 0.4) is 0 Å². The van der Waals surface area contributed by atoms with Gasteiger partial charge in [-0.05, 0) is 30.5 Å². The molecule has 6 heteroatoms. The van der Waals surface area contributed by atoms with E-state index in [9.17, 15) is 4.79 Å². The summed E-state index contributed by atoms with van der Waals surface area (Å²) in [5, 5.41) is 4.12. The highest BCUT2D eigenvalue weighted by Gasteiger charge is 2.44. The fourth-order valence-corrected chi connectivity index (χ4v) is 3.51. The van der Waals surface area contributed by atoms with Crippen LogP contribution in [0.1, 0.15) is 13.3 Å². The molecule has 1 aromatic heterocycles. The molecule has 2 aromatic rings. The normalized spacial score (nSPS) is 27.7. The lowest BCUT2D eigenvalue weighted by atomic mass is 9.99. The Hall–Kier alpha value is -2.05. The first-order chi connectivity index (χ1) is 11.1. The van der Waals surface area contributed by atoms with E-state index in [1.165, 1.54) is 0 Å². The summed E-state index contributed by atoms with van der Waals surface area (Å²) in [7, 11) is 0. The Bertz CT molecular complexity index is 721. The number of H-pyrrole nitrogens is 1. The zero-order valence-electron chi connectivity index (χ0n) is 13.2. The molecular formula is C17H21N3O3. The van der Waals surface area contributed by atoms with Gasteiger partial charge in [-0.2, -0.15) is 0 Å². The Morgan fingerprint density at radius 1 is 1.43 bits per heavy atom. The van der Waals surface area contributed by atoms with E-state index >= 15 is 0 Å². The smallest absolute Gasteiger partial charge is 0.322 e. The SMILES string of the molecule is C[C@H]1CN(C(=O)Nc2ccc3cc[nH]c3c2)C[C@@]2(CCOC2)O1. The van der Waals surface area contributed by atoms with Crippen LogP contribution in [0, 0.1) is 0 Å². The highest BCUT2D eigenvalue weighted by Crippen LogP contribution is 2.30. The van der Waals surface area contributed by atoms with Gasteiger partial charge < -0.3 is 24.7 Å². The van der Waals surface area contributed by atoms with Gasteiger partial charge in [0.15, 0.2) is 0 Å². The molecule has 1 aromatic carbocycles. The van der Waals surface area contributed by atoms with Gasteiger partial charge in [0.1, 0.15) is 5.60 Å². The van der Waals surface area contributed by atoms with Crippen molar-refractivity contribution < 1.29 is 14.3 Å². The molecule has 1 spiro atoms. The fraction of sp³-hybridized carbons (Fsp3) is 0.471. The molecule has 2 amide bonds. The van der Waals surface area contributed by atoms with E-state index in [0.29, 0.717) is 26.3 Å². The lowest BCUT2D eigenvalue weighted by Gasteiger charge is -2.42. The van der Waals surface area contributed by atoms with Crippen LogP contribution < -0.4 is 5.32 Å². The van der Waals surface area contributed by atoms with Crippen molar-refractivity contribution in [1.82, 2.24) is 9.88 Å². The number of rotatable bonds is 1. The molecule has 2 saturated heterocycles. The third kappa shape index (κ3) is 2.80. The lowest BCUT2D eigenvalue weighted by molar-refractivity contribution is -0.136. The lowest BCUT2D eigenvalue weighted by Crippen LogP contribution is -2.57. The van der Waals surface area contributed by atoms with E-state index < -0.39 is 0 Å². The van der Waals surface area contributed by atoms with Gasteiger partial charge >= 0.3 is 6.03 Å². The second kappa shape index (κ2) is 5.54. The van der Waals surface area contributed by atoms with Crippen LogP contribution in [0.15, 0.2) is 30.5 Å². The third-order valence-corrected chi connectivity index (χ3v) is 4.57. The molecule has 0 aliphatic carbocycles. The average Bonchev–Trinajstić information content (AvgIpc) is 3.15. The van der Waals surface area contributed by atoms with Gasteiger partial charge in [0.05, 0.1) is 19.3 Å². The Morgan fingerprint density at radius 3 is 3.17 bits per heavy atom. The van der Waals surface area contributed by atoms with Crippen molar-refractivity contribution in [3.05, 3.63) is 30.5 Å². The first kappa shape index (κ1) is 14.5. The van der Waals surface area contributed by atoms with Gasteiger partial charge in [0.25, 0.3) is 0 Å². The fourth-order valence-electron chi connectivity index (χ4n) is 3.51. The van der Waals surface area contributed by atoms with Crippen molar-refractivity contribution in [2.75, 3.05) is 31.6 Å². The number of ether oxygens (including phenoxy) is 2. The Balaban J connectivity index is 1.49. The van der Waals surface area contributed by atoms with E-state index in [-0.39, 0.29) is 17.7 Å². The number of carbonyl (C=O) groups excluding carboxylic acids is 1. The van der Waals surface area contributed by atoms with Crippen LogP contribution in [0.25, 0.3) is 10.9 Å². The van der Waals surface area contributed by atoms with Crippen LogP contribution in [-0.2, 0) is 9.47 Å². The minimum absolute atomic E-state index is 0.0158. The number of benzene rings is 1. The van der Waals surface area contributed by atoms with Crippen LogP contribution >= 0.6 is 0 Å². The van der Waals surface area contributed by atoms with Gasteiger partial charge in [-0.3, -0.25) is 0 Å². The summed E-state index contributed by atoms with van der Waals surface area (Å²) in [6.07, 6.45) is 2.75. The van der Waals surface area contributed by atoms with E-state index in [1.54, 1.807) is 0 Å². The van der Waals surface area contributed by atoms with Crippen molar-refractivity contribution in [3.8, 4) is 0 Å². The molecule has 0 radical (unpaired) electrons. The molecule has 2 N–H and O–H groups in total. The zero-order valence-corrected chi connectivity index (χ0v) is 13.2.